The first-order valence-corrected chi connectivity index (χ1v) is 10.0. The summed E-state index contributed by atoms with van der Waals surface area (Å²) in [7, 11) is 0. The quantitative estimate of drug-likeness (QED) is 0.423. The normalized spacial score (nSPS) is 18.6. The van der Waals surface area contributed by atoms with Gasteiger partial charge in [-0.2, -0.15) is 0 Å². The van der Waals surface area contributed by atoms with Crippen LogP contribution in [0.3, 0.4) is 0 Å². The van der Waals surface area contributed by atoms with Crippen molar-refractivity contribution in [1.29, 1.82) is 0 Å². The number of Topliss-reactive ketones (excluding diaryl/α,β-unsaturated/α-hetero) is 1. The van der Waals surface area contributed by atoms with Gasteiger partial charge < -0.3 is 14.9 Å². The zero-order valence-electron chi connectivity index (χ0n) is 16.9. The van der Waals surface area contributed by atoms with Gasteiger partial charge in [0.2, 0.25) is 0 Å². The largest absolute Gasteiger partial charge is 0.507 e. The minimum atomic E-state index is -0.650. The maximum atomic E-state index is 12.9. The molecule has 0 saturated carbocycles. The predicted molar refractivity (Wildman–Crippen MR) is 112 cm³/mol. The van der Waals surface area contributed by atoms with Gasteiger partial charge in [0.15, 0.2) is 0 Å². The molecular formula is C23H27N3O3. The lowest BCUT2D eigenvalue weighted by Gasteiger charge is -2.26. The Labute approximate surface area is 171 Å². The van der Waals surface area contributed by atoms with E-state index in [-0.39, 0.29) is 11.3 Å². The highest BCUT2D eigenvalue weighted by Crippen LogP contribution is 2.39. The van der Waals surface area contributed by atoms with Crippen LogP contribution < -0.4 is 0 Å². The van der Waals surface area contributed by atoms with Crippen LogP contribution in [0.15, 0.2) is 60.4 Å². The second-order valence-electron chi connectivity index (χ2n) is 7.03. The van der Waals surface area contributed by atoms with E-state index < -0.39 is 17.7 Å². The minimum Gasteiger partial charge on any atom is -0.507 e. The second-order valence-corrected chi connectivity index (χ2v) is 7.03. The molecule has 1 N–H and O–H groups in total. The molecule has 6 heteroatoms. The number of hydrogen-bond donors (Lipinski definition) is 1. The maximum absolute atomic E-state index is 12.9. The molecule has 0 aliphatic carbocycles. The molecule has 0 spiro atoms. The van der Waals surface area contributed by atoms with Gasteiger partial charge >= 0.3 is 0 Å². The average molecular weight is 393 g/mol. The molecule has 1 atom stereocenters. The molecule has 1 fully saturated rings. The first-order chi connectivity index (χ1) is 14.1. The molecule has 29 heavy (non-hydrogen) atoms. The summed E-state index contributed by atoms with van der Waals surface area (Å²) < 4.78 is 0. The summed E-state index contributed by atoms with van der Waals surface area (Å²) in [5, 5.41) is 10.9. The van der Waals surface area contributed by atoms with Crippen LogP contribution in [0, 0.1) is 0 Å². The Balaban J connectivity index is 1.98. The molecule has 3 rings (SSSR count). The Kier molecular flexibility index (Phi) is 6.77. The molecule has 0 bridgehead atoms. The fourth-order valence-corrected chi connectivity index (χ4v) is 3.75. The Bertz CT molecular complexity index is 877. The number of nitrogens with zero attached hydrogens (tertiary/aromatic N) is 3. The number of aliphatic hydroxyl groups excluding tert-OH is 1. The summed E-state index contributed by atoms with van der Waals surface area (Å²) in [5.41, 5.74) is 1.35. The third-order valence-corrected chi connectivity index (χ3v) is 5.36. The van der Waals surface area contributed by atoms with Crippen LogP contribution in [-0.2, 0) is 9.59 Å². The van der Waals surface area contributed by atoms with Crippen molar-refractivity contribution in [3.8, 4) is 0 Å². The topological polar surface area (TPSA) is 73.7 Å². The Hall–Kier alpha value is -2.99. The van der Waals surface area contributed by atoms with E-state index >= 15 is 0 Å². The summed E-state index contributed by atoms with van der Waals surface area (Å²) in [5.74, 6) is -1.37. The first-order valence-electron chi connectivity index (χ1n) is 10.0. The van der Waals surface area contributed by atoms with E-state index in [2.05, 4.69) is 23.7 Å². The number of amides is 1. The van der Waals surface area contributed by atoms with E-state index in [1.807, 2.05) is 12.1 Å². The van der Waals surface area contributed by atoms with Gasteiger partial charge in [0, 0.05) is 24.5 Å². The number of hydrogen-bond acceptors (Lipinski definition) is 5. The molecule has 1 aliphatic rings. The lowest BCUT2D eigenvalue weighted by molar-refractivity contribution is -0.140. The van der Waals surface area contributed by atoms with Gasteiger partial charge in [-0.1, -0.05) is 50.2 Å². The third-order valence-electron chi connectivity index (χ3n) is 5.36. The van der Waals surface area contributed by atoms with Crippen LogP contribution >= 0.6 is 0 Å². The Morgan fingerprint density at radius 2 is 1.83 bits per heavy atom. The molecule has 0 unspecified atom stereocenters. The highest BCUT2D eigenvalue weighted by atomic mass is 16.3. The molecule has 1 aromatic carbocycles. The van der Waals surface area contributed by atoms with Crippen LogP contribution in [-0.4, -0.2) is 57.8 Å². The lowest BCUT2D eigenvalue weighted by atomic mass is 9.96. The van der Waals surface area contributed by atoms with Crippen LogP contribution in [0.1, 0.15) is 37.4 Å². The molecule has 152 valence electrons. The van der Waals surface area contributed by atoms with Gasteiger partial charge in [0.05, 0.1) is 11.6 Å². The van der Waals surface area contributed by atoms with Crippen molar-refractivity contribution in [3.05, 3.63) is 71.6 Å². The van der Waals surface area contributed by atoms with Gasteiger partial charge in [-0.05, 0) is 37.7 Å². The van der Waals surface area contributed by atoms with Crippen molar-refractivity contribution >= 4 is 17.4 Å². The fraction of sp³-hybridized carbons (Fsp3) is 0.348. The number of carbonyl (C=O) groups excluding carboxylic acids is 2. The summed E-state index contributed by atoms with van der Waals surface area (Å²) in [6.45, 7) is 7.36. The monoisotopic (exact) mass is 393 g/mol. The number of likely N-dealkylation sites (tertiary alicyclic amines) is 1. The molecule has 1 amide bonds. The molecule has 1 saturated heterocycles. The highest BCUT2D eigenvalue weighted by molar-refractivity contribution is 6.46. The van der Waals surface area contributed by atoms with Gasteiger partial charge in [-0.3, -0.25) is 14.6 Å². The number of ketones is 1. The lowest BCUT2D eigenvalue weighted by Crippen LogP contribution is -2.33. The number of aromatic nitrogens is 1. The molecule has 2 aromatic rings. The van der Waals surface area contributed by atoms with E-state index in [4.69, 9.17) is 0 Å². The van der Waals surface area contributed by atoms with E-state index in [1.165, 1.54) is 0 Å². The van der Waals surface area contributed by atoms with Gasteiger partial charge in [0.1, 0.15) is 5.76 Å². The fourth-order valence-electron chi connectivity index (χ4n) is 3.75. The van der Waals surface area contributed by atoms with Crippen LogP contribution in [0.25, 0.3) is 5.76 Å². The van der Waals surface area contributed by atoms with E-state index in [0.717, 1.165) is 26.1 Å². The number of pyridine rings is 1. The van der Waals surface area contributed by atoms with Crippen LogP contribution in [0.5, 0.6) is 0 Å². The molecular weight excluding hydrogens is 366 g/mol. The van der Waals surface area contributed by atoms with E-state index in [1.54, 1.807) is 47.6 Å². The van der Waals surface area contributed by atoms with E-state index in [0.29, 0.717) is 17.7 Å². The number of carbonyl (C=O) groups is 2. The van der Waals surface area contributed by atoms with Crippen molar-refractivity contribution in [3.63, 3.8) is 0 Å². The van der Waals surface area contributed by atoms with Crippen molar-refractivity contribution in [2.45, 2.75) is 26.3 Å². The smallest absolute Gasteiger partial charge is 0.295 e. The summed E-state index contributed by atoms with van der Waals surface area (Å²) in [6.07, 6.45) is 4.04. The van der Waals surface area contributed by atoms with Crippen molar-refractivity contribution in [2.75, 3.05) is 26.2 Å². The predicted octanol–water partition coefficient (Wildman–Crippen LogP) is 3.24. The minimum absolute atomic E-state index is 0.122. The standard InChI is InChI=1S/C23H27N3O3/c1-3-25(4-2)14-9-15-26-20(18-12-8-13-24-16-18)19(22(28)23(26)29)21(27)17-10-6-5-7-11-17/h5-8,10-13,16,20,27H,3-4,9,14-15H2,1-2H3/b21-19+/t20-/m0/s1. The molecule has 1 aromatic heterocycles. The number of rotatable bonds is 8. The van der Waals surface area contributed by atoms with Crippen molar-refractivity contribution in [2.24, 2.45) is 0 Å². The SMILES string of the molecule is CCN(CC)CCCN1C(=O)C(=O)/C(=C(/O)c2ccccc2)[C@@H]1c1cccnc1. The maximum Gasteiger partial charge on any atom is 0.295 e. The van der Waals surface area contributed by atoms with Crippen LogP contribution in [0.4, 0.5) is 0 Å². The molecule has 0 radical (unpaired) electrons. The highest BCUT2D eigenvalue weighted by Gasteiger charge is 2.45. The van der Waals surface area contributed by atoms with Crippen molar-refractivity contribution < 1.29 is 14.7 Å². The van der Waals surface area contributed by atoms with Gasteiger partial charge in [0.25, 0.3) is 11.7 Å². The van der Waals surface area contributed by atoms with Gasteiger partial charge in [-0.15, -0.1) is 0 Å². The Morgan fingerprint density at radius 3 is 2.45 bits per heavy atom. The summed E-state index contributed by atoms with van der Waals surface area (Å²) in [4.78, 5) is 33.7. The van der Waals surface area contributed by atoms with Gasteiger partial charge in [-0.25, -0.2) is 0 Å². The molecule has 1 aliphatic heterocycles. The molecule has 6 nitrogen and oxygen atoms in total. The van der Waals surface area contributed by atoms with Crippen molar-refractivity contribution in [1.82, 2.24) is 14.8 Å². The second kappa shape index (κ2) is 9.47. The number of benzene rings is 1. The summed E-state index contributed by atoms with van der Waals surface area (Å²) >= 11 is 0. The first kappa shape index (κ1) is 20.7. The molecule has 2 heterocycles. The zero-order chi connectivity index (χ0) is 20.8. The zero-order valence-corrected chi connectivity index (χ0v) is 16.9. The Morgan fingerprint density at radius 1 is 1.10 bits per heavy atom. The summed E-state index contributed by atoms with van der Waals surface area (Å²) in [6, 6.07) is 11.8. The van der Waals surface area contributed by atoms with Crippen LogP contribution in [0.2, 0.25) is 0 Å². The van der Waals surface area contributed by atoms with E-state index in [9.17, 15) is 14.7 Å². The third kappa shape index (κ3) is 4.38. The number of aliphatic hydroxyl groups is 1. The average Bonchev–Trinajstić information content (AvgIpc) is 3.02.